The molecule has 28 heavy (non-hydrogen) atoms. The molecule has 1 aliphatic heterocycles. The second-order valence-electron chi connectivity index (χ2n) is 7.59. The Labute approximate surface area is 186 Å². The van der Waals surface area contributed by atoms with Crippen molar-refractivity contribution in [2.45, 2.75) is 44.9 Å². The second kappa shape index (κ2) is 11.3. The molecule has 160 valence electrons. The maximum atomic E-state index is 14.0. The third-order valence-corrected chi connectivity index (χ3v) is 6.27. The van der Waals surface area contributed by atoms with Crippen LogP contribution < -0.4 is 15.5 Å². The van der Waals surface area contributed by atoms with Crippen molar-refractivity contribution in [2.24, 2.45) is 4.99 Å². The fraction of sp³-hybridized carbons (Fsp3) is 0.632. The van der Waals surface area contributed by atoms with Crippen molar-refractivity contribution in [3.63, 3.8) is 0 Å². The summed E-state index contributed by atoms with van der Waals surface area (Å²) in [4.78, 5) is 6.42. The highest BCUT2D eigenvalue weighted by Gasteiger charge is 2.25. The van der Waals surface area contributed by atoms with Crippen LogP contribution >= 0.6 is 24.0 Å². The number of nitrogens with zero attached hydrogens (tertiary/aromatic N) is 2. The van der Waals surface area contributed by atoms with Gasteiger partial charge in [-0.3, -0.25) is 9.20 Å². The first-order valence-corrected chi connectivity index (χ1v) is 10.7. The van der Waals surface area contributed by atoms with Crippen LogP contribution in [0.25, 0.3) is 0 Å². The lowest BCUT2D eigenvalue weighted by molar-refractivity contribution is 0.580. The summed E-state index contributed by atoms with van der Waals surface area (Å²) < 4.78 is 39.0. The first-order chi connectivity index (χ1) is 12.7. The van der Waals surface area contributed by atoms with E-state index in [-0.39, 0.29) is 34.8 Å². The molecule has 9 heteroatoms. The maximum Gasteiger partial charge on any atom is 0.191 e. The van der Waals surface area contributed by atoms with Crippen LogP contribution in [-0.4, -0.2) is 52.9 Å². The lowest BCUT2D eigenvalue weighted by atomic mass is 10.2. The molecule has 2 atom stereocenters. The molecule has 0 amide bonds. The van der Waals surface area contributed by atoms with E-state index in [1.165, 1.54) is 12.1 Å². The second-order valence-corrected chi connectivity index (χ2v) is 9.92. The van der Waals surface area contributed by atoms with Crippen molar-refractivity contribution >= 4 is 46.4 Å². The van der Waals surface area contributed by atoms with Gasteiger partial charge in [-0.2, -0.15) is 0 Å². The van der Waals surface area contributed by atoms with Crippen molar-refractivity contribution in [1.29, 1.82) is 0 Å². The Kier molecular flexibility index (Phi) is 10.1. The quantitative estimate of drug-likeness (QED) is 0.338. The molecule has 0 bridgehead atoms. The van der Waals surface area contributed by atoms with Crippen LogP contribution in [0.1, 0.15) is 34.1 Å². The summed E-state index contributed by atoms with van der Waals surface area (Å²) in [5.41, 5.74) is 0.420. The predicted molar refractivity (Wildman–Crippen MR) is 124 cm³/mol. The summed E-state index contributed by atoms with van der Waals surface area (Å²) in [6.45, 7) is 10.3. The van der Waals surface area contributed by atoms with Crippen LogP contribution in [0.5, 0.6) is 0 Å². The smallest absolute Gasteiger partial charge is 0.191 e. The van der Waals surface area contributed by atoms with E-state index in [2.05, 4.69) is 15.6 Å². The molecule has 5 nitrogen and oxygen atoms in total. The molecule has 2 N–H and O–H groups in total. The summed E-state index contributed by atoms with van der Waals surface area (Å²) >= 11 is 0. The van der Waals surface area contributed by atoms with Gasteiger partial charge in [0.05, 0.1) is 12.2 Å². The fourth-order valence-corrected chi connectivity index (χ4v) is 3.76. The summed E-state index contributed by atoms with van der Waals surface area (Å²) in [7, 11) is -0.940. The van der Waals surface area contributed by atoms with Gasteiger partial charge in [0.15, 0.2) is 5.96 Å². The topological polar surface area (TPSA) is 56.7 Å². The average molecular weight is 528 g/mol. The molecular weight excluding hydrogens is 497 g/mol. The monoisotopic (exact) mass is 528 g/mol. The van der Waals surface area contributed by atoms with Gasteiger partial charge in [0.25, 0.3) is 0 Å². The van der Waals surface area contributed by atoms with Gasteiger partial charge >= 0.3 is 0 Å². The van der Waals surface area contributed by atoms with Crippen LogP contribution in [0.2, 0.25) is 0 Å². The Morgan fingerprint density at radius 2 is 2.07 bits per heavy atom. The summed E-state index contributed by atoms with van der Waals surface area (Å²) in [5, 5.41) is 6.55. The Hall–Kier alpha value is -0.970. The minimum Gasteiger partial charge on any atom is -0.367 e. The molecule has 0 spiro atoms. The first-order valence-electron chi connectivity index (χ1n) is 9.34. The minimum atomic E-state index is -0.940. The molecule has 0 aliphatic carbocycles. The van der Waals surface area contributed by atoms with E-state index in [4.69, 9.17) is 0 Å². The third kappa shape index (κ3) is 7.46. The van der Waals surface area contributed by atoms with Crippen LogP contribution in [0, 0.1) is 11.6 Å². The number of rotatable bonds is 6. The average Bonchev–Trinajstić information content (AvgIpc) is 3.02. The van der Waals surface area contributed by atoms with Crippen LogP contribution in [0.15, 0.2) is 23.2 Å². The zero-order valence-corrected chi connectivity index (χ0v) is 20.1. The largest absolute Gasteiger partial charge is 0.367 e. The number of anilines is 1. The van der Waals surface area contributed by atoms with E-state index in [1.54, 1.807) is 0 Å². The molecule has 2 rings (SSSR count). The highest BCUT2D eigenvalue weighted by Crippen LogP contribution is 2.24. The Morgan fingerprint density at radius 3 is 2.68 bits per heavy atom. The molecule has 1 aliphatic rings. The molecule has 2 unspecified atom stereocenters. The van der Waals surface area contributed by atoms with Crippen molar-refractivity contribution in [2.75, 3.05) is 36.8 Å². The Bertz CT molecular complexity index is 697. The normalized spacial score (nSPS) is 18.6. The lowest BCUT2D eigenvalue weighted by Gasteiger charge is -2.21. The first kappa shape index (κ1) is 25.1. The SMILES string of the molecule is CCNC(=NCCS(=O)C(C)(C)C)NC1CCN(c2ccc(F)cc2F)C1.I. The fourth-order valence-electron chi connectivity index (χ4n) is 2.89. The molecule has 1 fully saturated rings. The van der Waals surface area contributed by atoms with E-state index >= 15 is 0 Å². The van der Waals surface area contributed by atoms with Gasteiger partial charge in [0.1, 0.15) is 11.6 Å². The minimum absolute atomic E-state index is 0. The van der Waals surface area contributed by atoms with Gasteiger partial charge in [-0.15, -0.1) is 24.0 Å². The van der Waals surface area contributed by atoms with Crippen LogP contribution in [-0.2, 0) is 10.8 Å². The van der Waals surface area contributed by atoms with Crippen LogP contribution in [0.3, 0.4) is 0 Å². The van der Waals surface area contributed by atoms with Crippen molar-refractivity contribution in [3.8, 4) is 0 Å². The van der Waals surface area contributed by atoms with Gasteiger partial charge in [-0.1, -0.05) is 0 Å². The maximum absolute atomic E-state index is 14.0. The van der Waals surface area contributed by atoms with Crippen molar-refractivity contribution in [1.82, 2.24) is 10.6 Å². The van der Waals surface area contributed by atoms with Crippen molar-refractivity contribution < 1.29 is 13.0 Å². The number of hydrogen-bond donors (Lipinski definition) is 2. The van der Waals surface area contributed by atoms with Crippen molar-refractivity contribution in [3.05, 3.63) is 29.8 Å². The molecule has 1 saturated heterocycles. The number of halogens is 3. The highest BCUT2D eigenvalue weighted by atomic mass is 127. The highest BCUT2D eigenvalue weighted by molar-refractivity contribution is 14.0. The predicted octanol–water partition coefficient (Wildman–Crippen LogP) is 3.26. The Balaban J connectivity index is 0.00000392. The Morgan fingerprint density at radius 1 is 1.36 bits per heavy atom. The standard InChI is InChI=1S/C19H30F2N4OS.HI/c1-5-22-18(23-9-11-27(26)19(2,3)4)24-15-8-10-25(13-15)17-7-6-14(20)12-16(17)21;/h6-7,12,15H,5,8-11,13H2,1-4H3,(H2,22,23,24);1H. The summed E-state index contributed by atoms with van der Waals surface area (Å²) in [6, 6.07) is 3.78. The number of aliphatic imine (C=N–C) groups is 1. The molecular formula is C19H31F2IN4OS. The van der Waals surface area contributed by atoms with Gasteiger partial charge in [0.2, 0.25) is 0 Å². The van der Waals surface area contributed by atoms with E-state index in [9.17, 15) is 13.0 Å². The molecule has 0 aromatic heterocycles. The molecule has 0 radical (unpaired) electrons. The zero-order chi connectivity index (χ0) is 20.0. The van der Waals surface area contributed by atoms with Gasteiger partial charge in [-0.25, -0.2) is 8.78 Å². The number of guanidine groups is 1. The van der Waals surface area contributed by atoms with E-state index in [1.807, 2.05) is 32.6 Å². The molecule has 1 heterocycles. The van der Waals surface area contributed by atoms with E-state index in [0.29, 0.717) is 37.0 Å². The van der Waals surface area contributed by atoms with Crippen LogP contribution in [0.4, 0.5) is 14.5 Å². The number of benzene rings is 1. The number of nitrogens with one attached hydrogen (secondary N) is 2. The van der Waals surface area contributed by atoms with E-state index < -0.39 is 22.4 Å². The van der Waals surface area contributed by atoms with E-state index in [0.717, 1.165) is 19.0 Å². The molecule has 0 saturated carbocycles. The zero-order valence-electron chi connectivity index (χ0n) is 16.9. The summed E-state index contributed by atoms with van der Waals surface area (Å²) in [6.07, 6.45) is 0.829. The lowest BCUT2D eigenvalue weighted by Crippen LogP contribution is -2.45. The molecule has 1 aromatic carbocycles. The summed E-state index contributed by atoms with van der Waals surface area (Å²) in [5.74, 6) is 0.0764. The van der Waals surface area contributed by atoms with Gasteiger partial charge < -0.3 is 15.5 Å². The third-order valence-electron chi connectivity index (χ3n) is 4.35. The number of hydrogen-bond acceptors (Lipinski definition) is 3. The van der Waals surface area contributed by atoms with Gasteiger partial charge in [-0.05, 0) is 46.2 Å². The molecule has 1 aromatic rings. The van der Waals surface area contributed by atoms with Gasteiger partial charge in [0, 0.05) is 53.0 Å².